The fourth-order valence-corrected chi connectivity index (χ4v) is 4.30. The average molecular weight is 457 g/mol. The van der Waals surface area contributed by atoms with Gasteiger partial charge in [-0.3, -0.25) is 9.59 Å². The first-order valence-electron chi connectivity index (χ1n) is 10.9. The predicted octanol–water partition coefficient (Wildman–Crippen LogP) is 4.09. The molecule has 0 radical (unpaired) electrons. The lowest BCUT2D eigenvalue weighted by molar-refractivity contribution is -0.140. The van der Waals surface area contributed by atoms with Crippen molar-refractivity contribution in [2.24, 2.45) is 0 Å². The first kappa shape index (κ1) is 21.6. The third-order valence-corrected chi connectivity index (χ3v) is 5.98. The minimum Gasteiger partial charge on any atom is -0.507 e. The van der Waals surface area contributed by atoms with Gasteiger partial charge in [0, 0.05) is 12.1 Å². The first-order chi connectivity index (χ1) is 16.6. The minimum atomic E-state index is -0.765. The van der Waals surface area contributed by atoms with Crippen molar-refractivity contribution < 1.29 is 28.9 Å². The van der Waals surface area contributed by atoms with Gasteiger partial charge in [0.2, 0.25) is 0 Å². The molecule has 3 aromatic carbocycles. The molecule has 2 aliphatic heterocycles. The molecular formula is C27H23NO6. The van der Waals surface area contributed by atoms with Crippen LogP contribution in [0.4, 0.5) is 0 Å². The number of benzene rings is 3. The van der Waals surface area contributed by atoms with E-state index in [-0.39, 0.29) is 17.9 Å². The summed E-state index contributed by atoms with van der Waals surface area (Å²) in [6, 6.07) is 20.8. The Morgan fingerprint density at radius 2 is 1.68 bits per heavy atom. The van der Waals surface area contributed by atoms with E-state index >= 15 is 0 Å². The molecule has 5 rings (SSSR count). The Bertz CT molecular complexity index is 1270. The molecular weight excluding hydrogens is 434 g/mol. The number of nitrogens with zero attached hydrogens (tertiary/aromatic N) is 1. The van der Waals surface area contributed by atoms with Crippen LogP contribution in [0.1, 0.15) is 22.7 Å². The van der Waals surface area contributed by atoms with Crippen molar-refractivity contribution in [2.75, 3.05) is 20.3 Å². The minimum absolute atomic E-state index is 0.0303. The number of aliphatic hydroxyl groups excluding tert-OH is 1. The topological polar surface area (TPSA) is 85.3 Å². The molecule has 0 aromatic heterocycles. The van der Waals surface area contributed by atoms with Crippen LogP contribution in [0.2, 0.25) is 0 Å². The summed E-state index contributed by atoms with van der Waals surface area (Å²) in [6.07, 6.45) is 0. The molecule has 7 heteroatoms. The van der Waals surface area contributed by atoms with Crippen molar-refractivity contribution >= 4 is 17.4 Å². The molecule has 2 aliphatic rings. The van der Waals surface area contributed by atoms with Crippen molar-refractivity contribution in [2.45, 2.75) is 12.6 Å². The quantitative estimate of drug-likeness (QED) is 0.353. The van der Waals surface area contributed by atoms with E-state index in [1.54, 1.807) is 49.6 Å². The summed E-state index contributed by atoms with van der Waals surface area (Å²) < 4.78 is 16.4. The SMILES string of the molecule is COc1ccc([C@@H]2C(=C(O)c3ccc4c(c3)OCCO4)C(=O)C(=O)N2Cc2ccccc2)cc1. The highest BCUT2D eigenvalue weighted by atomic mass is 16.6. The molecule has 172 valence electrons. The number of carbonyl (C=O) groups is 2. The summed E-state index contributed by atoms with van der Waals surface area (Å²) in [4.78, 5) is 27.9. The first-order valence-corrected chi connectivity index (χ1v) is 10.9. The van der Waals surface area contributed by atoms with Crippen molar-refractivity contribution in [3.8, 4) is 17.2 Å². The Morgan fingerprint density at radius 3 is 2.38 bits per heavy atom. The van der Waals surface area contributed by atoms with E-state index < -0.39 is 17.7 Å². The van der Waals surface area contributed by atoms with E-state index in [0.717, 1.165) is 5.56 Å². The van der Waals surface area contributed by atoms with Crippen LogP contribution < -0.4 is 14.2 Å². The number of amides is 1. The fraction of sp³-hybridized carbons (Fsp3) is 0.185. The lowest BCUT2D eigenvalue weighted by Gasteiger charge is -2.25. The number of fused-ring (bicyclic) bond motifs is 1. The van der Waals surface area contributed by atoms with Crippen LogP contribution in [0.15, 0.2) is 78.4 Å². The molecule has 3 aromatic rings. The highest BCUT2D eigenvalue weighted by molar-refractivity contribution is 6.46. The Kier molecular flexibility index (Phi) is 5.67. The van der Waals surface area contributed by atoms with E-state index in [9.17, 15) is 14.7 Å². The number of hydrogen-bond donors (Lipinski definition) is 1. The molecule has 1 N–H and O–H groups in total. The van der Waals surface area contributed by atoms with Gasteiger partial charge in [-0.05, 0) is 41.5 Å². The Balaban J connectivity index is 1.62. The number of carbonyl (C=O) groups excluding carboxylic acids is 2. The zero-order valence-corrected chi connectivity index (χ0v) is 18.6. The van der Waals surface area contributed by atoms with Crippen LogP contribution in [-0.4, -0.2) is 42.0 Å². The molecule has 1 atom stereocenters. The van der Waals surface area contributed by atoms with Gasteiger partial charge in [-0.1, -0.05) is 42.5 Å². The summed E-state index contributed by atoms with van der Waals surface area (Å²) in [6.45, 7) is 1.06. The molecule has 1 saturated heterocycles. The predicted molar refractivity (Wildman–Crippen MR) is 125 cm³/mol. The number of Topliss-reactive ketones (excluding diaryl/α,β-unsaturated/α-hetero) is 1. The van der Waals surface area contributed by atoms with Gasteiger partial charge in [-0.25, -0.2) is 0 Å². The van der Waals surface area contributed by atoms with Crippen LogP contribution >= 0.6 is 0 Å². The normalized spacial score (nSPS) is 18.7. The van der Waals surface area contributed by atoms with Crippen LogP contribution in [0.3, 0.4) is 0 Å². The summed E-state index contributed by atoms with van der Waals surface area (Å²) in [7, 11) is 1.57. The summed E-state index contributed by atoms with van der Waals surface area (Å²) >= 11 is 0. The molecule has 0 saturated carbocycles. The van der Waals surface area contributed by atoms with Gasteiger partial charge in [0.05, 0.1) is 18.7 Å². The lowest BCUT2D eigenvalue weighted by atomic mass is 9.95. The number of ether oxygens (including phenoxy) is 3. The highest BCUT2D eigenvalue weighted by Crippen LogP contribution is 2.42. The zero-order chi connectivity index (χ0) is 23.7. The highest BCUT2D eigenvalue weighted by Gasteiger charge is 2.46. The number of ketones is 1. The molecule has 0 unspecified atom stereocenters. The van der Waals surface area contributed by atoms with Gasteiger partial charge in [-0.15, -0.1) is 0 Å². The third kappa shape index (κ3) is 3.85. The zero-order valence-electron chi connectivity index (χ0n) is 18.6. The second-order valence-electron chi connectivity index (χ2n) is 8.04. The molecule has 2 heterocycles. The van der Waals surface area contributed by atoms with E-state index in [0.29, 0.717) is 41.6 Å². The maximum atomic E-state index is 13.2. The summed E-state index contributed by atoms with van der Waals surface area (Å²) in [5.74, 6) is 0.0454. The Labute approximate surface area is 196 Å². The van der Waals surface area contributed by atoms with Gasteiger partial charge >= 0.3 is 0 Å². The largest absolute Gasteiger partial charge is 0.507 e. The Hall–Kier alpha value is -4.26. The monoisotopic (exact) mass is 457 g/mol. The van der Waals surface area contributed by atoms with Crippen LogP contribution in [0.5, 0.6) is 17.2 Å². The van der Waals surface area contributed by atoms with Crippen molar-refractivity contribution in [1.29, 1.82) is 0 Å². The molecule has 1 fully saturated rings. The van der Waals surface area contributed by atoms with Gasteiger partial charge in [0.25, 0.3) is 11.7 Å². The molecule has 7 nitrogen and oxygen atoms in total. The standard InChI is InChI=1S/C27H23NO6/c1-32-20-10-7-18(8-11-20)24-23(25(29)19-9-12-21-22(15-19)34-14-13-33-21)26(30)27(31)28(24)16-17-5-3-2-4-6-17/h2-12,15,24,29H,13-14,16H2,1H3/t24-/m1/s1. The van der Waals surface area contributed by atoms with Crippen molar-refractivity contribution in [3.63, 3.8) is 0 Å². The average Bonchev–Trinajstić information content (AvgIpc) is 3.13. The maximum absolute atomic E-state index is 13.2. The second kappa shape index (κ2) is 8.94. The van der Waals surface area contributed by atoms with E-state index in [2.05, 4.69) is 0 Å². The van der Waals surface area contributed by atoms with E-state index in [1.807, 2.05) is 30.3 Å². The van der Waals surface area contributed by atoms with Crippen LogP contribution in [0.25, 0.3) is 5.76 Å². The third-order valence-electron chi connectivity index (χ3n) is 5.98. The summed E-state index contributed by atoms with van der Waals surface area (Å²) in [5.41, 5.74) is 1.97. The number of rotatable bonds is 5. The maximum Gasteiger partial charge on any atom is 0.295 e. The molecule has 0 spiro atoms. The van der Waals surface area contributed by atoms with Crippen molar-refractivity contribution in [1.82, 2.24) is 4.90 Å². The van der Waals surface area contributed by atoms with E-state index in [1.165, 1.54) is 4.90 Å². The lowest BCUT2D eigenvalue weighted by Crippen LogP contribution is -2.29. The van der Waals surface area contributed by atoms with E-state index in [4.69, 9.17) is 14.2 Å². The molecule has 0 bridgehead atoms. The number of aliphatic hydroxyl groups is 1. The molecule has 0 aliphatic carbocycles. The van der Waals surface area contributed by atoms with Gasteiger partial charge in [0.15, 0.2) is 11.5 Å². The molecule has 34 heavy (non-hydrogen) atoms. The number of hydrogen-bond acceptors (Lipinski definition) is 6. The second-order valence-corrected chi connectivity index (χ2v) is 8.04. The van der Waals surface area contributed by atoms with Gasteiger partial charge < -0.3 is 24.2 Å². The van der Waals surface area contributed by atoms with Gasteiger partial charge in [-0.2, -0.15) is 0 Å². The Morgan fingerprint density at radius 1 is 0.971 bits per heavy atom. The summed E-state index contributed by atoms with van der Waals surface area (Å²) in [5, 5.41) is 11.3. The van der Waals surface area contributed by atoms with Crippen LogP contribution in [0, 0.1) is 0 Å². The smallest absolute Gasteiger partial charge is 0.295 e. The van der Waals surface area contributed by atoms with Crippen LogP contribution in [-0.2, 0) is 16.1 Å². The van der Waals surface area contributed by atoms with Crippen molar-refractivity contribution in [3.05, 3.63) is 95.1 Å². The molecule has 1 amide bonds. The van der Waals surface area contributed by atoms with Gasteiger partial charge in [0.1, 0.15) is 24.7 Å². The fourth-order valence-electron chi connectivity index (χ4n) is 4.30. The number of likely N-dealkylation sites (tertiary alicyclic amines) is 1. The number of methoxy groups -OCH3 is 1.